The lowest BCUT2D eigenvalue weighted by molar-refractivity contribution is 0.0314. The van der Waals surface area contributed by atoms with Crippen LogP contribution in [-0.2, 0) is 9.47 Å². The van der Waals surface area contributed by atoms with Crippen LogP contribution >= 0.6 is 0 Å². The number of esters is 1. The van der Waals surface area contributed by atoms with Crippen molar-refractivity contribution >= 4 is 5.97 Å². The highest BCUT2D eigenvalue weighted by atomic mass is 16.6. The molecule has 0 aliphatic heterocycles. The van der Waals surface area contributed by atoms with Crippen molar-refractivity contribution in [2.24, 2.45) is 0 Å². The molecule has 3 nitrogen and oxygen atoms in total. The van der Waals surface area contributed by atoms with Gasteiger partial charge in [0.1, 0.15) is 6.61 Å². The van der Waals surface area contributed by atoms with Gasteiger partial charge in [-0.2, -0.15) is 0 Å². The van der Waals surface area contributed by atoms with E-state index in [9.17, 15) is 4.79 Å². The van der Waals surface area contributed by atoms with E-state index >= 15 is 0 Å². The molecule has 0 radical (unpaired) electrons. The Morgan fingerprint density at radius 2 is 1.79 bits per heavy atom. The van der Waals surface area contributed by atoms with Gasteiger partial charge in [-0.25, -0.2) is 4.79 Å². The third-order valence-electron chi connectivity index (χ3n) is 2.92. The van der Waals surface area contributed by atoms with Crippen LogP contribution in [0.2, 0.25) is 0 Å². The summed E-state index contributed by atoms with van der Waals surface area (Å²) in [6, 6.07) is 7.57. The Morgan fingerprint density at radius 1 is 1.11 bits per heavy atom. The smallest absolute Gasteiger partial charge is 0.338 e. The molecule has 0 N–H and O–H groups in total. The average molecular weight is 264 g/mol. The normalized spacial score (nSPS) is 10.7. The van der Waals surface area contributed by atoms with E-state index in [1.807, 2.05) is 24.3 Å². The first-order valence-corrected chi connectivity index (χ1v) is 7.00. The summed E-state index contributed by atoms with van der Waals surface area (Å²) in [7, 11) is 0. The van der Waals surface area contributed by atoms with Gasteiger partial charge in [-0.3, -0.25) is 0 Å². The van der Waals surface area contributed by atoms with Crippen LogP contribution in [-0.4, -0.2) is 25.8 Å². The van der Waals surface area contributed by atoms with Crippen molar-refractivity contribution in [3.8, 4) is 0 Å². The van der Waals surface area contributed by atoms with E-state index in [0.29, 0.717) is 24.7 Å². The predicted molar refractivity (Wildman–Crippen MR) is 76.5 cm³/mol. The monoisotopic (exact) mass is 264 g/mol. The summed E-state index contributed by atoms with van der Waals surface area (Å²) in [6.45, 7) is 7.88. The molecule has 0 aromatic heterocycles. The highest BCUT2D eigenvalue weighted by molar-refractivity contribution is 5.89. The Morgan fingerprint density at radius 3 is 2.37 bits per heavy atom. The van der Waals surface area contributed by atoms with E-state index in [0.717, 1.165) is 19.4 Å². The van der Waals surface area contributed by atoms with Crippen LogP contribution in [0.4, 0.5) is 0 Å². The van der Waals surface area contributed by atoms with Gasteiger partial charge in [0.25, 0.3) is 0 Å². The van der Waals surface area contributed by atoms with Crippen molar-refractivity contribution in [1.82, 2.24) is 0 Å². The van der Waals surface area contributed by atoms with Gasteiger partial charge in [0.15, 0.2) is 0 Å². The van der Waals surface area contributed by atoms with Crippen molar-refractivity contribution in [3.63, 3.8) is 0 Å². The number of ether oxygens (including phenoxy) is 2. The van der Waals surface area contributed by atoms with Crippen LogP contribution in [0.5, 0.6) is 0 Å². The topological polar surface area (TPSA) is 35.5 Å². The molecular weight excluding hydrogens is 240 g/mol. The first-order chi connectivity index (χ1) is 9.15. The lowest BCUT2D eigenvalue weighted by Crippen LogP contribution is -2.11. The molecule has 0 aliphatic rings. The number of unbranched alkanes of at least 4 members (excludes halogenated alkanes) is 1. The van der Waals surface area contributed by atoms with Gasteiger partial charge in [0.05, 0.1) is 12.2 Å². The fourth-order valence-electron chi connectivity index (χ4n) is 1.63. The van der Waals surface area contributed by atoms with Crippen LogP contribution in [0.3, 0.4) is 0 Å². The second-order valence-corrected chi connectivity index (χ2v) is 4.88. The Kier molecular flexibility index (Phi) is 7.19. The molecule has 0 amide bonds. The summed E-state index contributed by atoms with van der Waals surface area (Å²) in [5.74, 6) is 0.187. The maximum absolute atomic E-state index is 11.7. The van der Waals surface area contributed by atoms with Crippen LogP contribution in [0.25, 0.3) is 0 Å². The number of carbonyl (C=O) groups excluding carboxylic acids is 1. The van der Waals surface area contributed by atoms with Gasteiger partial charge >= 0.3 is 5.97 Å². The van der Waals surface area contributed by atoms with Crippen molar-refractivity contribution < 1.29 is 14.3 Å². The molecule has 3 heteroatoms. The predicted octanol–water partition coefficient (Wildman–Crippen LogP) is 3.78. The molecule has 0 fully saturated rings. The third-order valence-corrected chi connectivity index (χ3v) is 2.92. The SMILES string of the molecule is CCCCOCCOC(=O)c1ccc(C(C)C)cc1. The van der Waals surface area contributed by atoms with Crippen LogP contribution in [0, 0.1) is 0 Å². The van der Waals surface area contributed by atoms with Gasteiger partial charge in [-0.1, -0.05) is 39.3 Å². The molecule has 0 aliphatic carbocycles. The molecule has 0 atom stereocenters. The molecule has 0 unspecified atom stereocenters. The zero-order valence-electron chi connectivity index (χ0n) is 12.1. The summed E-state index contributed by atoms with van der Waals surface area (Å²) in [5, 5.41) is 0. The maximum atomic E-state index is 11.7. The van der Waals surface area contributed by atoms with E-state index in [-0.39, 0.29) is 5.97 Å². The number of hydrogen-bond acceptors (Lipinski definition) is 3. The Hall–Kier alpha value is -1.35. The summed E-state index contributed by atoms with van der Waals surface area (Å²) >= 11 is 0. The Balaban J connectivity index is 2.29. The number of carbonyl (C=O) groups is 1. The lowest BCUT2D eigenvalue weighted by atomic mass is 10.0. The molecule has 1 aromatic rings. The molecular formula is C16H24O3. The number of benzene rings is 1. The minimum absolute atomic E-state index is 0.283. The molecule has 19 heavy (non-hydrogen) atoms. The molecule has 106 valence electrons. The number of hydrogen-bond donors (Lipinski definition) is 0. The molecule has 1 aromatic carbocycles. The molecule has 0 saturated carbocycles. The van der Waals surface area contributed by atoms with Crippen molar-refractivity contribution in [2.45, 2.75) is 39.5 Å². The second-order valence-electron chi connectivity index (χ2n) is 4.88. The summed E-state index contributed by atoms with van der Waals surface area (Å²) in [4.78, 5) is 11.7. The fourth-order valence-corrected chi connectivity index (χ4v) is 1.63. The fraction of sp³-hybridized carbons (Fsp3) is 0.562. The minimum atomic E-state index is -0.283. The standard InChI is InChI=1S/C16H24O3/c1-4-5-10-18-11-12-19-16(17)15-8-6-14(7-9-15)13(2)3/h6-9,13H,4-5,10-12H2,1-3H3. The minimum Gasteiger partial charge on any atom is -0.460 e. The van der Waals surface area contributed by atoms with E-state index in [1.54, 1.807) is 0 Å². The highest BCUT2D eigenvalue weighted by Crippen LogP contribution is 2.15. The van der Waals surface area contributed by atoms with Crippen LogP contribution in [0.1, 0.15) is 55.5 Å². The van der Waals surface area contributed by atoms with Gasteiger partial charge in [-0.05, 0) is 30.0 Å². The molecule has 0 saturated heterocycles. The molecule has 0 heterocycles. The van der Waals surface area contributed by atoms with Gasteiger partial charge in [0, 0.05) is 6.61 Å². The van der Waals surface area contributed by atoms with Gasteiger partial charge in [-0.15, -0.1) is 0 Å². The van der Waals surface area contributed by atoms with Gasteiger partial charge < -0.3 is 9.47 Å². The van der Waals surface area contributed by atoms with E-state index < -0.39 is 0 Å². The summed E-state index contributed by atoms with van der Waals surface area (Å²) in [6.07, 6.45) is 2.16. The quantitative estimate of drug-likeness (QED) is 0.529. The van der Waals surface area contributed by atoms with Crippen molar-refractivity contribution in [1.29, 1.82) is 0 Å². The van der Waals surface area contributed by atoms with Crippen molar-refractivity contribution in [3.05, 3.63) is 35.4 Å². The third kappa shape index (κ3) is 5.88. The molecule has 0 spiro atoms. The maximum Gasteiger partial charge on any atom is 0.338 e. The van der Waals surface area contributed by atoms with Crippen molar-refractivity contribution in [2.75, 3.05) is 19.8 Å². The summed E-state index contributed by atoms with van der Waals surface area (Å²) in [5.41, 5.74) is 1.82. The highest BCUT2D eigenvalue weighted by Gasteiger charge is 2.07. The lowest BCUT2D eigenvalue weighted by Gasteiger charge is -2.08. The van der Waals surface area contributed by atoms with E-state index in [1.165, 1.54) is 5.56 Å². The Labute approximate surface area is 115 Å². The molecule has 0 bridgehead atoms. The first-order valence-electron chi connectivity index (χ1n) is 7.00. The van der Waals surface area contributed by atoms with Crippen LogP contribution in [0.15, 0.2) is 24.3 Å². The summed E-state index contributed by atoms with van der Waals surface area (Å²) < 4.78 is 10.5. The second kappa shape index (κ2) is 8.70. The van der Waals surface area contributed by atoms with E-state index in [2.05, 4.69) is 20.8 Å². The largest absolute Gasteiger partial charge is 0.460 e. The zero-order chi connectivity index (χ0) is 14.1. The zero-order valence-corrected chi connectivity index (χ0v) is 12.1. The first kappa shape index (κ1) is 15.7. The average Bonchev–Trinajstić information content (AvgIpc) is 2.42. The number of rotatable bonds is 8. The Bertz CT molecular complexity index is 368. The molecule has 1 rings (SSSR count). The van der Waals surface area contributed by atoms with Gasteiger partial charge in [0.2, 0.25) is 0 Å². The van der Waals surface area contributed by atoms with E-state index in [4.69, 9.17) is 9.47 Å². The van der Waals surface area contributed by atoms with Crippen LogP contribution < -0.4 is 0 Å².